The molecule has 0 saturated carbocycles. The predicted octanol–water partition coefficient (Wildman–Crippen LogP) is 9.97. The third-order valence-corrected chi connectivity index (χ3v) is 8.81. The first-order valence-corrected chi connectivity index (χ1v) is 14.9. The fraction of sp³-hybridized carbons (Fsp3) is 0. The molecule has 0 aliphatic heterocycles. The van der Waals surface area contributed by atoms with Crippen molar-refractivity contribution in [3.8, 4) is 56.4 Å². The van der Waals surface area contributed by atoms with Crippen molar-refractivity contribution in [3.63, 3.8) is 0 Å². The number of hydrogen-bond acceptors (Lipinski definition) is 5. The second-order valence-corrected chi connectivity index (χ2v) is 11.5. The van der Waals surface area contributed by atoms with Gasteiger partial charge in [-0.2, -0.15) is 0 Å². The molecule has 0 atom stereocenters. The van der Waals surface area contributed by atoms with Gasteiger partial charge in [0.2, 0.25) is 0 Å². The van der Waals surface area contributed by atoms with Gasteiger partial charge in [-0.3, -0.25) is 4.98 Å². The van der Waals surface area contributed by atoms with Crippen LogP contribution in [0.5, 0.6) is 0 Å². The Bertz CT molecular complexity index is 2210. The number of fused-ring (bicyclic) bond motifs is 3. The molecule has 0 radical (unpaired) electrons. The summed E-state index contributed by atoms with van der Waals surface area (Å²) in [4.78, 5) is 19.0. The summed E-state index contributed by atoms with van der Waals surface area (Å²) in [6.45, 7) is 0. The van der Waals surface area contributed by atoms with Gasteiger partial charge in [-0.25, -0.2) is 15.0 Å². The molecule has 0 saturated heterocycles. The lowest BCUT2D eigenvalue weighted by Gasteiger charge is -2.10. The quantitative estimate of drug-likeness (QED) is 0.207. The summed E-state index contributed by atoms with van der Waals surface area (Å²) in [6.07, 6.45) is 3.65. The lowest BCUT2D eigenvalue weighted by Crippen LogP contribution is -2.00. The molecule has 0 aliphatic rings. The molecule has 0 aliphatic carbocycles. The molecule has 43 heavy (non-hydrogen) atoms. The SMILES string of the molecule is c1ccc(-c2nc(-c3ccc(-c4cccnc4)cc3)nc(-c3ccc(-c4ccc5sc6ccccc6c5c4)cc3)n2)cc1. The molecular formula is C38H24N4S. The van der Waals surface area contributed by atoms with E-state index in [-0.39, 0.29) is 0 Å². The van der Waals surface area contributed by atoms with E-state index in [4.69, 9.17) is 15.0 Å². The smallest absolute Gasteiger partial charge is 0.164 e. The van der Waals surface area contributed by atoms with E-state index in [9.17, 15) is 0 Å². The summed E-state index contributed by atoms with van der Waals surface area (Å²) in [7, 11) is 0. The van der Waals surface area contributed by atoms with Crippen LogP contribution in [-0.4, -0.2) is 19.9 Å². The average Bonchev–Trinajstić information content (AvgIpc) is 3.47. The minimum absolute atomic E-state index is 0.639. The number of rotatable bonds is 5. The van der Waals surface area contributed by atoms with Gasteiger partial charge in [0.25, 0.3) is 0 Å². The maximum atomic E-state index is 4.94. The highest BCUT2D eigenvalue weighted by atomic mass is 32.1. The van der Waals surface area contributed by atoms with Crippen molar-refractivity contribution in [1.29, 1.82) is 0 Å². The first-order valence-electron chi connectivity index (χ1n) is 14.1. The van der Waals surface area contributed by atoms with E-state index in [1.165, 1.54) is 25.7 Å². The summed E-state index contributed by atoms with van der Waals surface area (Å²) in [5.74, 6) is 1.93. The molecule has 0 N–H and O–H groups in total. The molecule has 8 rings (SSSR count). The van der Waals surface area contributed by atoms with E-state index in [0.717, 1.165) is 33.4 Å². The highest BCUT2D eigenvalue weighted by Gasteiger charge is 2.13. The third kappa shape index (κ3) is 4.86. The molecular weight excluding hydrogens is 545 g/mol. The summed E-state index contributed by atoms with van der Waals surface area (Å²) >= 11 is 1.84. The van der Waals surface area contributed by atoms with Crippen LogP contribution in [0.2, 0.25) is 0 Å². The number of nitrogens with zero attached hydrogens (tertiary/aromatic N) is 4. The zero-order valence-corrected chi connectivity index (χ0v) is 23.9. The van der Waals surface area contributed by atoms with Crippen molar-refractivity contribution in [2.24, 2.45) is 0 Å². The van der Waals surface area contributed by atoms with E-state index in [2.05, 4.69) is 102 Å². The number of benzene rings is 5. The third-order valence-electron chi connectivity index (χ3n) is 7.66. The Morgan fingerprint density at radius 1 is 0.372 bits per heavy atom. The number of thiophene rings is 1. The average molecular weight is 569 g/mol. The Labute approximate surface area is 253 Å². The second kappa shape index (κ2) is 10.7. The summed E-state index contributed by atoms with van der Waals surface area (Å²) < 4.78 is 2.62. The molecule has 4 nitrogen and oxygen atoms in total. The van der Waals surface area contributed by atoms with Crippen molar-refractivity contribution >= 4 is 31.5 Å². The topological polar surface area (TPSA) is 51.6 Å². The van der Waals surface area contributed by atoms with Crippen LogP contribution in [0.4, 0.5) is 0 Å². The Balaban J connectivity index is 1.17. The van der Waals surface area contributed by atoms with Crippen LogP contribution >= 0.6 is 11.3 Å². The lowest BCUT2D eigenvalue weighted by atomic mass is 10.0. The van der Waals surface area contributed by atoms with Crippen molar-refractivity contribution in [2.75, 3.05) is 0 Å². The Morgan fingerprint density at radius 3 is 1.53 bits per heavy atom. The predicted molar refractivity (Wildman–Crippen MR) is 178 cm³/mol. The number of hydrogen-bond donors (Lipinski definition) is 0. The van der Waals surface area contributed by atoms with E-state index in [1.807, 2.05) is 53.9 Å². The van der Waals surface area contributed by atoms with Crippen molar-refractivity contribution < 1.29 is 0 Å². The summed E-state index contributed by atoms with van der Waals surface area (Å²) in [5, 5.41) is 2.60. The minimum Gasteiger partial charge on any atom is -0.264 e. The molecule has 3 heterocycles. The van der Waals surface area contributed by atoms with Crippen molar-refractivity contribution in [3.05, 3.63) is 146 Å². The van der Waals surface area contributed by atoms with E-state index < -0.39 is 0 Å². The maximum absolute atomic E-state index is 4.94. The molecule has 202 valence electrons. The number of aromatic nitrogens is 4. The van der Waals surface area contributed by atoms with Crippen LogP contribution < -0.4 is 0 Å². The van der Waals surface area contributed by atoms with Gasteiger partial charge in [-0.15, -0.1) is 11.3 Å². The van der Waals surface area contributed by atoms with Crippen LogP contribution in [0.3, 0.4) is 0 Å². The maximum Gasteiger partial charge on any atom is 0.164 e. The van der Waals surface area contributed by atoms with Crippen LogP contribution in [0.15, 0.2) is 146 Å². The fourth-order valence-electron chi connectivity index (χ4n) is 5.41. The van der Waals surface area contributed by atoms with Crippen LogP contribution in [0.25, 0.3) is 76.6 Å². The van der Waals surface area contributed by atoms with Gasteiger partial charge in [0, 0.05) is 49.3 Å². The lowest BCUT2D eigenvalue weighted by molar-refractivity contribution is 1.07. The molecule has 0 fully saturated rings. The molecule has 5 heteroatoms. The normalized spacial score (nSPS) is 11.3. The molecule has 0 bridgehead atoms. The first-order chi connectivity index (χ1) is 21.3. The van der Waals surface area contributed by atoms with Crippen molar-refractivity contribution in [1.82, 2.24) is 19.9 Å². The zero-order valence-electron chi connectivity index (χ0n) is 23.1. The zero-order chi connectivity index (χ0) is 28.6. The van der Waals surface area contributed by atoms with E-state index in [0.29, 0.717) is 17.5 Å². The Hall–Kier alpha value is -5.52. The Morgan fingerprint density at radius 2 is 0.884 bits per heavy atom. The molecule has 0 unspecified atom stereocenters. The van der Waals surface area contributed by atoms with Gasteiger partial charge in [-0.1, -0.05) is 109 Å². The van der Waals surface area contributed by atoms with Crippen LogP contribution in [-0.2, 0) is 0 Å². The number of pyridine rings is 1. The van der Waals surface area contributed by atoms with Gasteiger partial charge in [0.15, 0.2) is 17.5 Å². The van der Waals surface area contributed by atoms with Gasteiger partial charge >= 0.3 is 0 Å². The molecule has 5 aromatic carbocycles. The second-order valence-electron chi connectivity index (χ2n) is 10.4. The first kappa shape index (κ1) is 25.2. The standard InChI is InChI=1S/C38H24N4S/c1-2-7-27(8-3-1)36-40-37(42-38(41-36)29-18-14-26(15-19-29)31-9-6-22-39-24-31)28-16-12-25(13-17-28)30-20-21-35-33(23-30)32-10-4-5-11-34(32)43-35/h1-24H. The monoisotopic (exact) mass is 568 g/mol. The molecule has 0 amide bonds. The fourth-order valence-corrected chi connectivity index (χ4v) is 6.50. The van der Waals surface area contributed by atoms with E-state index >= 15 is 0 Å². The van der Waals surface area contributed by atoms with Crippen LogP contribution in [0.1, 0.15) is 0 Å². The largest absolute Gasteiger partial charge is 0.264 e. The van der Waals surface area contributed by atoms with Gasteiger partial charge < -0.3 is 0 Å². The van der Waals surface area contributed by atoms with Gasteiger partial charge in [-0.05, 0) is 46.5 Å². The van der Waals surface area contributed by atoms with E-state index in [1.54, 1.807) is 6.20 Å². The van der Waals surface area contributed by atoms with Gasteiger partial charge in [0.05, 0.1) is 0 Å². The summed E-state index contributed by atoms with van der Waals surface area (Å²) in [5.41, 5.74) is 7.34. The highest BCUT2D eigenvalue weighted by Crippen LogP contribution is 2.36. The van der Waals surface area contributed by atoms with Gasteiger partial charge in [0.1, 0.15) is 0 Å². The minimum atomic E-state index is 0.639. The van der Waals surface area contributed by atoms with Crippen molar-refractivity contribution in [2.45, 2.75) is 0 Å². The Kier molecular flexibility index (Phi) is 6.28. The molecule has 8 aromatic rings. The molecule has 3 aromatic heterocycles. The van der Waals surface area contributed by atoms with Crippen LogP contribution in [0, 0.1) is 0 Å². The molecule has 0 spiro atoms. The summed E-state index contributed by atoms with van der Waals surface area (Å²) in [6, 6.07) is 46.2. The highest BCUT2D eigenvalue weighted by molar-refractivity contribution is 7.25.